The molecule has 1 aliphatic rings. The zero-order valence-electron chi connectivity index (χ0n) is 11.0. The van der Waals surface area contributed by atoms with Gasteiger partial charge in [0.05, 0.1) is 11.6 Å². The van der Waals surface area contributed by atoms with Gasteiger partial charge in [-0.2, -0.15) is 5.26 Å². The molecule has 1 N–H and O–H groups in total. The highest BCUT2D eigenvalue weighted by Gasteiger charge is 2.25. The molecule has 106 valence electrons. The van der Waals surface area contributed by atoms with Gasteiger partial charge in [-0.25, -0.2) is 0 Å². The number of hydrogen-bond donors (Lipinski definition) is 1. The van der Waals surface area contributed by atoms with E-state index in [0.717, 1.165) is 33.7 Å². The van der Waals surface area contributed by atoms with Gasteiger partial charge in [-0.1, -0.05) is 35.2 Å². The molecule has 1 fully saturated rings. The third-order valence-electron chi connectivity index (χ3n) is 3.72. The smallest absolute Gasteiger partial charge is 0.253 e. The van der Waals surface area contributed by atoms with Crippen molar-refractivity contribution in [3.8, 4) is 6.07 Å². The number of rotatable bonds is 3. The molecule has 5 heteroatoms. The largest absolute Gasteiger partial charge is 0.336 e. The lowest BCUT2D eigenvalue weighted by molar-refractivity contribution is 0.0928. The predicted molar refractivity (Wildman–Crippen MR) is 90.3 cm³/mol. The SMILES string of the molecule is N#CC(NC(=O)c1cc(Br)ccc1I)C1CCCCC1. The molecule has 0 bridgehead atoms. The molecule has 1 aromatic carbocycles. The van der Waals surface area contributed by atoms with Crippen LogP contribution in [0.25, 0.3) is 0 Å². The number of nitrogens with zero attached hydrogens (tertiary/aromatic N) is 1. The lowest BCUT2D eigenvalue weighted by atomic mass is 9.84. The predicted octanol–water partition coefficient (Wildman–Crippen LogP) is 4.26. The first-order valence-corrected chi connectivity index (χ1v) is 8.64. The summed E-state index contributed by atoms with van der Waals surface area (Å²) in [6, 6.07) is 7.48. The van der Waals surface area contributed by atoms with Crippen molar-refractivity contribution in [3.05, 3.63) is 31.8 Å². The van der Waals surface area contributed by atoms with E-state index in [1.165, 1.54) is 6.42 Å². The molecule has 1 aliphatic carbocycles. The van der Waals surface area contributed by atoms with Crippen LogP contribution in [0.1, 0.15) is 42.5 Å². The number of benzene rings is 1. The van der Waals surface area contributed by atoms with Crippen LogP contribution >= 0.6 is 38.5 Å². The minimum atomic E-state index is -0.377. The minimum absolute atomic E-state index is 0.159. The number of carbonyl (C=O) groups excluding carboxylic acids is 1. The molecule has 1 atom stereocenters. The number of amides is 1. The van der Waals surface area contributed by atoms with Crippen molar-refractivity contribution in [2.75, 3.05) is 0 Å². The van der Waals surface area contributed by atoms with Gasteiger partial charge in [-0.05, 0) is 59.5 Å². The summed E-state index contributed by atoms with van der Waals surface area (Å²) in [6.07, 6.45) is 5.63. The number of nitrogens with one attached hydrogen (secondary N) is 1. The van der Waals surface area contributed by atoms with E-state index in [9.17, 15) is 10.1 Å². The summed E-state index contributed by atoms with van der Waals surface area (Å²) < 4.78 is 1.76. The van der Waals surface area contributed by atoms with Crippen molar-refractivity contribution in [2.24, 2.45) is 5.92 Å². The van der Waals surface area contributed by atoms with Crippen LogP contribution < -0.4 is 5.32 Å². The van der Waals surface area contributed by atoms with Gasteiger partial charge in [0, 0.05) is 8.04 Å². The second-order valence-electron chi connectivity index (χ2n) is 5.10. The molecular formula is C15H16BrIN2O. The monoisotopic (exact) mass is 446 g/mol. The van der Waals surface area contributed by atoms with Crippen molar-refractivity contribution in [2.45, 2.75) is 38.1 Å². The summed E-state index contributed by atoms with van der Waals surface area (Å²) >= 11 is 5.52. The lowest BCUT2D eigenvalue weighted by Gasteiger charge is -2.26. The highest BCUT2D eigenvalue weighted by molar-refractivity contribution is 14.1. The Labute approximate surface area is 141 Å². The first kappa shape index (κ1) is 15.8. The molecule has 3 nitrogen and oxygen atoms in total. The van der Waals surface area contributed by atoms with Crippen molar-refractivity contribution < 1.29 is 4.79 Å². The standard InChI is InChI=1S/C15H16BrIN2O/c16-11-6-7-13(17)12(8-11)15(20)19-14(9-18)10-4-2-1-3-5-10/h6-8,10,14H,1-5H2,(H,19,20). The first-order chi connectivity index (χ1) is 9.61. The molecule has 20 heavy (non-hydrogen) atoms. The van der Waals surface area contributed by atoms with Crippen LogP contribution in [-0.2, 0) is 0 Å². The van der Waals surface area contributed by atoms with Crippen LogP contribution in [-0.4, -0.2) is 11.9 Å². The van der Waals surface area contributed by atoms with E-state index in [-0.39, 0.29) is 11.9 Å². The van der Waals surface area contributed by atoms with Crippen molar-refractivity contribution in [3.63, 3.8) is 0 Å². The molecule has 1 aromatic rings. The van der Waals surface area contributed by atoms with E-state index < -0.39 is 0 Å². The van der Waals surface area contributed by atoms with E-state index in [1.807, 2.05) is 12.1 Å². The van der Waals surface area contributed by atoms with E-state index in [1.54, 1.807) is 6.07 Å². The maximum absolute atomic E-state index is 12.3. The van der Waals surface area contributed by atoms with E-state index in [2.05, 4.69) is 49.9 Å². The Bertz CT molecular complexity index is 535. The first-order valence-electron chi connectivity index (χ1n) is 6.77. The Morgan fingerprint density at radius 2 is 2.10 bits per heavy atom. The van der Waals surface area contributed by atoms with E-state index >= 15 is 0 Å². The second kappa shape index (κ2) is 7.41. The summed E-state index contributed by atoms with van der Waals surface area (Å²) in [4.78, 5) is 12.3. The van der Waals surface area contributed by atoms with Crippen molar-refractivity contribution >= 4 is 44.4 Å². The fourth-order valence-corrected chi connectivity index (χ4v) is 3.56. The van der Waals surface area contributed by atoms with Crippen LogP contribution in [0.2, 0.25) is 0 Å². The molecule has 0 radical (unpaired) electrons. The molecule has 0 aliphatic heterocycles. The fourth-order valence-electron chi connectivity index (χ4n) is 2.61. The number of hydrogen-bond acceptors (Lipinski definition) is 2. The normalized spacial score (nSPS) is 17.2. The third kappa shape index (κ3) is 3.95. The molecule has 1 unspecified atom stereocenters. The van der Waals surface area contributed by atoms with Crippen LogP contribution in [0.5, 0.6) is 0 Å². The van der Waals surface area contributed by atoms with Crippen molar-refractivity contribution in [1.29, 1.82) is 5.26 Å². The Hall–Kier alpha value is -0.610. The summed E-state index contributed by atoms with van der Waals surface area (Å²) in [5, 5.41) is 12.2. The molecule has 0 saturated heterocycles. The Kier molecular flexibility index (Phi) is 5.85. The average Bonchev–Trinajstić information content (AvgIpc) is 2.48. The van der Waals surface area contributed by atoms with Crippen LogP contribution in [0.4, 0.5) is 0 Å². The van der Waals surface area contributed by atoms with Gasteiger partial charge in [0.1, 0.15) is 6.04 Å². The van der Waals surface area contributed by atoms with Crippen LogP contribution in [0, 0.1) is 20.8 Å². The average molecular weight is 447 g/mol. The maximum Gasteiger partial charge on any atom is 0.253 e. The maximum atomic E-state index is 12.3. The Morgan fingerprint density at radius 1 is 1.40 bits per heavy atom. The zero-order chi connectivity index (χ0) is 14.5. The zero-order valence-corrected chi connectivity index (χ0v) is 14.8. The second-order valence-corrected chi connectivity index (χ2v) is 7.18. The summed E-state index contributed by atoms with van der Waals surface area (Å²) in [5.74, 6) is 0.135. The fraction of sp³-hybridized carbons (Fsp3) is 0.467. The van der Waals surface area contributed by atoms with Gasteiger partial charge in [-0.3, -0.25) is 4.79 Å². The van der Waals surface area contributed by atoms with Gasteiger partial charge in [0.15, 0.2) is 0 Å². The Balaban J connectivity index is 2.09. The lowest BCUT2D eigenvalue weighted by Crippen LogP contribution is -2.40. The quantitative estimate of drug-likeness (QED) is 0.705. The summed E-state index contributed by atoms with van der Waals surface area (Å²) in [6.45, 7) is 0. The van der Waals surface area contributed by atoms with E-state index in [4.69, 9.17) is 0 Å². The highest BCUT2D eigenvalue weighted by atomic mass is 127. The van der Waals surface area contributed by atoms with E-state index in [0.29, 0.717) is 11.5 Å². The molecule has 2 rings (SSSR count). The highest BCUT2D eigenvalue weighted by Crippen LogP contribution is 2.27. The molecule has 0 heterocycles. The third-order valence-corrected chi connectivity index (χ3v) is 5.15. The van der Waals surface area contributed by atoms with Gasteiger partial charge in [-0.15, -0.1) is 0 Å². The molecular weight excluding hydrogens is 431 g/mol. The molecule has 0 aromatic heterocycles. The molecule has 0 spiro atoms. The summed E-state index contributed by atoms with van der Waals surface area (Å²) in [5.41, 5.74) is 0.621. The van der Waals surface area contributed by atoms with Gasteiger partial charge < -0.3 is 5.32 Å². The van der Waals surface area contributed by atoms with Gasteiger partial charge >= 0.3 is 0 Å². The molecule has 1 saturated carbocycles. The van der Waals surface area contributed by atoms with Gasteiger partial charge in [0.2, 0.25) is 0 Å². The number of nitriles is 1. The topological polar surface area (TPSA) is 52.9 Å². The Morgan fingerprint density at radius 3 is 2.75 bits per heavy atom. The minimum Gasteiger partial charge on any atom is -0.336 e. The van der Waals surface area contributed by atoms with Gasteiger partial charge in [0.25, 0.3) is 5.91 Å². The number of halogens is 2. The van der Waals surface area contributed by atoms with Crippen LogP contribution in [0.15, 0.2) is 22.7 Å². The molecule has 1 amide bonds. The summed E-state index contributed by atoms with van der Waals surface area (Å²) in [7, 11) is 0. The van der Waals surface area contributed by atoms with Crippen molar-refractivity contribution in [1.82, 2.24) is 5.32 Å². The van der Waals surface area contributed by atoms with Crippen LogP contribution in [0.3, 0.4) is 0 Å². The number of carbonyl (C=O) groups is 1.